The standard InChI is InChI=1S/C15H21N3/c1-17(2)14-8-6-13(7-9-14)11-16-12-15-5-4-10-18(15)3/h4-10,16H,11-12H2,1-3H3. The van der Waals surface area contributed by atoms with Gasteiger partial charge in [0.2, 0.25) is 0 Å². The van der Waals surface area contributed by atoms with Gasteiger partial charge in [0, 0.05) is 51.8 Å². The van der Waals surface area contributed by atoms with Crippen LogP contribution in [0.25, 0.3) is 0 Å². The summed E-state index contributed by atoms with van der Waals surface area (Å²) < 4.78 is 2.14. The summed E-state index contributed by atoms with van der Waals surface area (Å²) in [5.74, 6) is 0. The van der Waals surface area contributed by atoms with E-state index in [1.165, 1.54) is 16.9 Å². The third-order valence-electron chi connectivity index (χ3n) is 3.14. The molecule has 0 atom stereocenters. The number of nitrogens with zero attached hydrogens (tertiary/aromatic N) is 2. The molecule has 0 aliphatic carbocycles. The normalized spacial score (nSPS) is 10.6. The largest absolute Gasteiger partial charge is 0.378 e. The number of rotatable bonds is 5. The lowest BCUT2D eigenvalue weighted by Gasteiger charge is -2.13. The average molecular weight is 243 g/mol. The first-order valence-corrected chi connectivity index (χ1v) is 6.24. The molecular weight excluding hydrogens is 222 g/mol. The van der Waals surface area contributed by atoms with Gasteiger partial charge in [0.1, 0.15) is 0 Å². The van der Waals surface area contributed by atoms with Gasteiger partial charge >= 0.3 is 0 Å². The summed E-state index contributed by atoms with van der Waals surface area (Å²) in [6.07, 6.45) is 2.07. The number of aryl methyl sites for hydroxylation is 1. The highest BCUT2D eigenvalue weighted by atomic mass is 15.1. The fourth-order valence-corrected chi connectivity index (χ4v) is 1.93. The van der Waals surface area contributed by atoms with Crippen molar-refractivity contribution in [2.75, 3.05) is 19.0 Å². The van der Waals surface area contributed by atoms with Crippen molar-refractivity contribution < 1.29 is 0 Å². The van der Waals surface area contributed by atoms with Crippen LogP contribution in [0.5, 0.6) is 0 Å². The second-order valence-corrected chi connectivity index (χ2v) is 4.77. The van der Waals surface area contributed by atoms with Crippen LogP contribution < -0.4 is 10.2 Å². The van der Waals surface area contributed by atoms with Gasteiger partial charge in [0.25, 0.3) is 0 Å². The highest BCUT2D eigenvalue weighted by Crippen LogP contribution is 2.12. The fraction of sp³-hybridized carbons (Fsp3) is 0.333. The second kappa shape index (κ2) is 5.74. The SMILES string of the molecule is CN(C)c1ccc(CNCc2cccn2C)cc1. The Morgan fingerprint density at radius 1 is 1.06 bits per heavy atom. The molecule has 1 heterocycles. The van der Waals surface area contributed by atoms with Gasteiger partial charge in [-0.15, -0.1) is 0 Å². The molecule has 0 fully saturated rings. The molecule has 96 valence electrons. The van der Waals surface area contributed by atoms with Crippen molar-refractivity contribution >= 4 is 5.69 Å². The molecule has 2 rings (SSSR count). The minimum Gasteiger partial charge on any atom is -0.378 e. The van der Waals surface area contributed by atoms with Crippen LogP contribution in [-0.2, 0) is 20.1 Å². The minimum atomic E-state index is 0.902. The van der Waals surface area contributed by atoms with E-state index in [1.807, 2.05) is 0 Å². The first kappa shape index (κ1) is 12.7. The summed E-state index contributed by atoms with van der Waals surface area (Å²) in [6.45, 7) is 1.80. The molecule has 2 aromatic rings. The lowest BCUT2D eigenvalue weighted by molar-refractivity contribution is 0.655. The topological polar surface area (TPSA) is 20.2 Å². The smallest absolute Gasteiger partial charge is 0.0362 e. The van der Waals surface area contributed by atoms with Crippen LogP contribution in [0.1, 0.15) is 11.3 Å². The highest BCUT2D eigenvalue weighted by Gasteiger charge is 1.98. The molecule has 1 N–H and O–H groups in total. The van der Waals surface area contributed by atoms with E-state index in [1.54, 1.807) is 0 Å². The molecule has 18 heavy (non-hydrogen) atoms. The van der Waals surface area contributed by atoms with Crippen molar-refractivity contribution in [1.82, 2.24) is 9.88 Å². The van der Waals surface area contributed by atoms with E-state index < -0.39 is 0 Å². The predicted octanol–water partition coefficient (Wildman–Crippen LogP) is 2.38. The quantitative estimate of drug-likeness (QED) is 0.870. The predicted molar refractivity (Wildman–Crippen MR) is 76.7 cm³/mol. The Labute approximate surface area is 109 Å². The Hall–Kier alpha value is -1.74. The maximum absolute atomic E-state index is 3.46. The number of hydrogen-bond donors (Lipinski definition) is 1. The van der Waals surface area contributed by atoms with Gasteiger partial charge in [-0.25, -0.2) is 0 Å². The average Bonchev–Trinajstić information content (AvgIpc) is 2.76. The molecule has 1 aromatic carbocycles. The molecule has 0 amide bonds. The van der Waals surface area contributed by atoms with Crippen molar-refractivity contribution in [3.8, 4) is 0 Å². The highest BCUT2D eigenvalue weighted by molar-refractivity contribution is 5.45. The van der Waals surface area contributed by atoms with Crippen LogP contribution in [-0.4, -0.2) is 18.7 Å². The number of nitrogens with one attached hydrogen (secondary N) is 1. The molecule has 0 saturated carbocycles. The first-order valence-electron chi connectivity index (χ1n) is 6.24. The van der Waals surface area contributed by atoms with Gasteiger partial charge in [-0.1, -0.05) is 12.1 Å². The van der Waals surface area contributed by atoms with Gasteiger partial charge < -0.3 is 14.8 Å². The Bertz CT molecular complexity index is 483. The maximum Gasteiger partial charge on any atom is 0.0362 e. The van der Waals surface area contributed by atoms with Crippen molar-refractivity contribution in [3.63, 3.8) is 0 Å². The van der Waals surface area contributed by atoms with Crippen molar-refractivity contribution in [2.24, 2.45) is 7.05 Å². The van der Waals surface area contributed by atoms with Gasteiger partial charge in [-0.2, -0.15) is 0 Å². The van der Waals surface area contributed by atoms with Crippen molar-refractivity contribution in [1.29, 1.82) is 0 Å². The van der Waals surface area contributed by atoms with Gasteiger partial charge in [0.15, 0.2) is 0 Å². The maximum atomic E-state index is 3.46. The Morgan fingerprint density at radius 2 is 1.78 bits per heavy atom. The summed E-state index contributed by atoms with van der Waals surface area (Å²) in [5, 5.41) is 3.46. The summed E-state index contributed by atoms with van der Waals surface area (Å²) in [5.41, 5.74) is 3.86. The molecular formula is C15H21N3. The lowest BCUT2D eigenvalue weighted by Crippen LogP contribution is -2.15. The van der Waals surface area contributed by atoms with E-state index in [9.17, 15) is 0 Å². The van der Waals surface area contributed by atoms with E-state index in [-0.39, 0.29) is 0 Å². The number of anilines is 1. The molecule has 0 bridgehead atoms. The number of aromatic nitrogens is 1. The van der Waals surface area contributed by atoms with E-state index >= 15 is 0 Å². The van der Waals surface area contributed by atoms with Crippen LogP contribution in [0.3, 0.4) is 0 Å². The first-order chi connectivity index (χ1) is 8.66. The van der Waals surface area contributed by atoms with Crippen LogP contribution >= 0.6 is 0 Å². The summed E-state index contributed by atoms with van der Waals surface area (Å²) >= 11 is 0. The third-order valence-corrected chi connectivity index (χ3v) is 3.14. The van der Waals surface area contributed by atoms with Crippen LogP contribution in [0, 0.1) is 0 Å². The third kappa shape index (κ3) is 3.14. The van der Waals surface area contributed by atoms with Crippen LogP contribution in [0.2, 0.25) is 0 Å². The molecule has 0 unspecified atom stereocenters. The summed E-state index contributed by atoms with van der Waals surface area (Å²) in [6, 6.07) is 12.9. The van der Waals surface area contributed by atoms with E-state index in [0.717, 1.165) is 13.1 Å². The molecule has 0 radical (unpaired) electrons. The van der Waals surface area contributed by atoms with E-state index in [0.29, 0.717) is 0 Å². The van der Waals surface area contributed by atoms with Crippen LogP contribution in [0.4, 0.5) is 5.69 Å². The van der Waals surface area contributed by atoms with E-state index in [4.69, 9.17) is 0 Å². The number of benzene rings is 1. The Balaban J connectivity index is 1.85. The molecule has 1 aromatic heterocycles. The monoisotopic (exact) mass is 243 g/mol. The van der Waals surface area contributed by atoms with Gasteiger partial charge in [-0.3, -0.25) is 0 Å². The minimum absolute atomic E-state index is 0.902. The van der Waals surface area contributed by atoms with Crippen LogP contribution in [0.15, 0.2) is 42.6 Å². The Kier molecular flexibility index (Phi) is 4.05. The second-order valence-electron chi connectivity index (χ2n) is 4.77. The molecule has 3 heteroatoms. The molecule has 0 aliphatic rings. The fourth-order valence-electron chi connectivity index (χ4n) is 1.93. The lowest BCUT2D eigenvalue weighted by atomic mass is 10.2. The molecule has 0 saturated heterocycles. The zero-order valence-corrected chi connectivity index (χ0v) is 11.4. The molecule has 3 nitrogen and oxygen atoms in total. The van der Waals surface area contributed by atoms with Gasteiger partial charge in [-0.05, 0) is 29.8 Å². The number of hydrogen-bond acceptors (Lipinski definition) is 2. The summed E-state index contributed by atoms with van der Waals surface area (Å²) in [7, 11) is 6.19. The zero-order chi connectivity index (χ0) is 13.0. The van der Waals surface area contributed by atoms with Crippen molar-refractivity contribution in [3.05, 3.63) is 53.9 Å². The van der Waals surface area contributed by atoms with Gasteiger partial charge in [0.05, 0.1) is 0 Å². The van der Waals surface area contributed by atoms with Crippen molar-refractivity contribution in [2.45, 2.75) is 13.1 Å². The zero-order valence-electron chi connectivity index (χ0n) is 11.4. The summed E-state index contributed by atoms with van der Waals surface area (Å²) in [4.78, 5) is 2.11. The molecule has 0 aliphatic heterocycles. The Morgan fingerprint density at radius 3 is 2.33 bits per heavy atom. The van der Waals surface area contributed by atoms with E-state index in [2.05, 4.69) is 78.5 Å². The molecule has 0 spiro atoms.